The van der Waals surface area contributed by atoms with Crippen LogP contribution >= 0.6 is 0 Å². The van der Waals surface area contributed by atoms with Crippen molar-refractivity contribution >= 4 is 0 Å². The average molecular weight is 219 g/mol. The van der Waals surface area contributed by atoms with Crippen molar-refractivity contribution in [2.75, 3.05) is 0 Å². The van der Waals surface area contributed by atoms with Crippen LogP contribution in [-0.4, -0.2) is 11.2 Å². The Bertz CT molecular complexity index is 327. The van der Waals surface area contributed by atoms with E-state index in [1.165, 1.54) is 18.4 Å². The van der Waals surface area contributed by atoms with Gasteiger partial charge in [-0.1, -0.05) is 42.7 Å². The Morgan fingerprint density at radius 1 is 1.19 bits per heavy atom. The maximum absolute atomic E-state index is 10.2. The Kier molecular flexibility index (Phi) is 3.62. The second-order valence-corrected chi connectivity index (χ2v) is 4.97. The molecule has 2 rings (SSSR count). The normalized spacial score (nSPS) is 20.9. The lowest BCUT2D eigenvalue weighted by molar-refractivity contribution is 0.0845. The maximum atomic E-state index is 10.2. The highest BCUT2D eigenvalue weighted by atomic mass is 16.3. The van der Waals surface area contributed by atoms with Crippen molar-refractivity contribution in [1.29, 1.82) is 0 Å². The predicted molar refractivity (Wildman–Crippen MR) is 66.1 cm³/mol. The summed E-state index contributed by atoms with van der Waals surface area (Å²) in [6.45, 7) is 2.06. The molecular weight excluding hydrogens is 198 g/mol. The van der Waals surface area contributed by atoms with Gasteiger partial charge < -0.3 is 10.8 Å². The molecule has 2 nitrogen and oxygen atoms in total. The number of benzene rings is 1. The molecule has 0 radical (unpaired) electrons. The van der Waals surface area contributed by atoms with Gasteiger partial charge in [0.05, 0.1) is 12.1 Å². The summed E-state index contributed by atoms with van der Waals surface area (Å²) in [6.07, 6.45) is 4.34. The van der Waals surface area contributed by atoms with Gasteiger partial charge in [0.1, 0.15) is 0 Å². The van der Waals surface area contributed by atoms with Gasteiger partial charge in [-0.3, -0.25) is 0 Å². The van der Waals surface area contributed by atoms with Gasteiger partial charge in [0, 0.05) is 0 Å². The molecule has 1 aliphatic rings. The molecule has 0 spiro atoms. The van der Waals surface area contributed by atoms with Crippen molar-refractivity contribution < 1.29 is 5.11 Å². The highest BCUT2D eigenvalue weighted by Gasteiger charge is 2.28. The first-order valence-corrected chi connectivity index (χ1v) is 6.18. The van der Waals surface area contributed by atoms with Crippen LogP contribution in [0.5, 0.6) is 0 Å². The maximum Gasteiger partial charge on any atom is 0.0760 e. The molecule has 88 valence electrons. The van der Waals surface area contributed by atoms with Gasteiger partial charge >= 0.3 is 0 Å². The highest BCUT2D eigenvalue weighted by Crippen LogP contribution is 2.32. The molecule has 0 unspecified atom stereocenters. The number of hydrogen-bond donors (Lipinski definition) is 2. The zero-order chi connectivity index (χ0) is 11.5. The van der Waals surface area contributed by atoms with E-state index in [9.17, 15) is 5.11 Å². The summed E-state index contributed by atoms with van der Waals surface area (Å²) in [7, 11) is 0. The SMILES string of the molecule is Cc1ccc([C@H](N)[C@H](O)C2CCCC2)cc1. The summed E-state index contributed by atoms with van der Waals surface area (Å²) in [4.78, 5) is 0. The first-order valence-electron chi connectivity index (χ1n) is 6.18. The molecule has 1 aromatic rings. The van der Waals surface area contributed by atoms with Gasteiger partial charge in [-0.15, -0.1) is 0 Å². The standard InChI is InChI=1S/C14H21NO/c1-10-6-8-11(9-7-10)13(15)14(16)12-4-2-3-5-12/h6-9,12-14,16H,2-5,15H2,1H3/t13-,14+/m0/s1. The predicted octanol–water partition coefficient (Wildman–Crippen LogP) is 2.55. The van der Waals surface area contributed by atoms with Crippen LogP contribution in [-0.2, 0) is 0 Å². The number of hydrogen-bond acceptors (Lipinski definition) is 2. The summed E-state index contributed by atoms with van der Waals surface area (Å²) >= 11 is 0. The minimum Gasteiger partial charge on any atom is -0.391 e. The lowest BCUT2D eigenvalue weighted by atomic mass is 9.91. The number of rotatable bonds is 3. The number of aryl methyl sites for hydroxylation is 1. The first kappa shape index (κ1) is 11.6. The van der Waals surface area contributed by atoms with Crippen molar-refractivity contribution in [3.05, 3.63) is 35.4 Å². The van der Waals surface area contributed by atoms with Gasteiger partial charge in [-0.05, 0) is 31.2 Å². The Balaban J connectivity index is 2.05. The van der Waals surface area contributed by atoms with E-state index in [0.717, 1.165) is 18.4 Å². The molecule has 3 N–H and O–H groups in total. The molecule has 1 aliphatic carbocycles. The van der Waals surface area contributed by atoms with Crippen LogP contribution in [0, 0.1) is 12.8 Å². The van der Waals surface area contributed by atoms with E-state index in [-0.39, 0.29) is 12.1 Å². The Labute approximate surface area is 97.5 Å². The zero-order valence-electron chi connectivity index (χ0n) is 9.89. The van der Waals surface area contributed by atoms with Crippen LogP contribution in [0.1, 0.15) is 42.9 Å². The molecule has 1 saturated carbocycles. The summed E-state index contributed by atoms with van der Waals surface area (Å²) in [5, 5.41) is 10.2. The summed E-state index contributed by atoms with van der Waals surface area (Å²) in [6, 6.07) is 7.92. The number of aliphatic hydroxyl groups is 1. The lowest BCUT2D eigenvalue weighted by Gasteiger charge is -2.24. The summed E-state index contributed by atoms with van der Waals surface area (Å²) < 4.78 is 0. The third kappa shape index (κ3) is 2.45. The topological polar surface area (TPSA) is 46.2 Å². The molecule has 1 aromatic carbocycles. The van der Waals surface area contributed by atoms with Crippen LogP contribution in [0.25, 0.3) is 0 Å². The van der Waals surface area contributed by atoms with E-state index in [0.29, 0.717) is 5.92 Å². The van der Waals surface area contributed by atoms with Gasteiger partial charge in [0.25, 0.3) is 0 Å². The van der Waals surface area contributed by atoms with Crippen LogP contribution in [0.3, 0.4) is 0 Å². The molecule has 2 atom stereocenters. The van der Waals surface area contributed by atoms with Crippen LogP contribution in [0.15, 0.2) is 24.3 Å². The van der Waals surface area contributed by atoms with Crippen molar-refractivity contribution in [3.63, 3.8) is 0 Å². The van der Waals surface area contributed by atoms with Crippen molar-refractivity contribution in [2.45, 2.75) is 44.8 Å². The van der Waals surface area contributed by atoms with Gasteiger partial charge in [-0.25, -0.2) is 0 Å². The van der Waals surface area contributed by atoms with E-state index in [1.54, 1.807) is 0 Å². The Morgan fingerprint density at radius 2 is 1.75 bits per heavy atom. The molecule has 16 heavy (non-hydrogen) atoms. The zero-order valence-corrected chi connectivity index (χ0v) is 9.89. The van der Waals surface area contributed by atoms with E-state index in [1.807, 2.05) is 12.1 Å². The van der Waals surface area contributed by atoms with Crippen LogP contribution in [0.2, 0.25) is 0 Å². The minimum absolute atomic E-state index is 0.233. The Morgan fingerprint density at radius 3 is 2.31 bits per heavy atom. The number of nitrogens with two attached hydrogens (primary N) is 1. The van der Waals surface area contributed by atoms with E-state index < -0.39 is 0 Å². The van der Waals surface area contributed by atoms with E-state index in [2.05, 4.69) is 19.1 Å². The lowest BCUT2D eigenvalue weighted by Crippen LogP contribution is -2.31. The van der Waals surface area contributed by atoms with Gasteiger partial charge in [0.2, 0.25) is 0 Å². The number of aliphatic hydroxyl groups excluding tert-OH is 1. The molecule has 0 saturated heterocycles. The third-order valence-corrected chi connectivity index (χ3v) is 3.71. The van der Waals surface area contributed by atoms with Crippen LogP contribution < -0.4 is 5.73 Å². The van der Waals surface area contributed by atoms with E-state index in [4.69, 9.17) is 5.73 Å². The summed E-state index contributed by atoms with van der Waals surface area (Å²) in [5.74, 6) is 0.399. The van der Waals surface area contributed by atoms with Crippen LogP contribution in [0.4, 0.5) is 0 Å². The molecule has 0 bridgehead atoms. The molecule has 0 aliphatic heterocycles. The average Bonchev–Trinajstić information content (AvgIpc) is 2.81. The molecule has 1 fully saturated rings. The molecular formula is C14H21NO. The molecule has 0 aromatic heterocycles. The van der Waals surface area contributed by atoms with E-state index >= 15 is 0 Å². The third-order valence-electron chi connectivity index (χ3n) is 3.71. The largest absolute Gasteiger partial charge is 0.391 e. The highest BCUT2D eigenvalue weighted by molar-refractivity contribution is 5.24. The van der Waals surface area contributed by atoms with Gasteiger partial charge in [0.15, 0.2) is 0 Å². The molecule has 0 amide bonds. The summed E-state index contributed by atoms with van der Waals surface area (Å²) in [5.41, 5.74) is 8.39. The Hall–Kier alpha value is -0.860. The molecule has 0 heterocycles. The van der Waals surface area contributed by atoms with Crippen molar-refractivity contribution in [3.8, 4) is 0 Å². The first-order chi connectivity index (χ1) is 7.68. The van der Waals surface area contributed by atoms with Gasteiger partial charge in [-0.2, -0.15) is 0 Å². The van der Waals surface area contributed by atoms with Crippen molar-refractivity contribution in [1.82, 2.24) is 0 Å². The van der Waals surface area contributed by atoms with Crippen molar-refractivity contribution in [2.24, 2.45) is 11.7 Å². The minimum atomic E-state index is -0.384. The smallest absolute Gasteiger partial charge is 0.0760 e. The second-order valence-electron chi connectivity index (χ2n) is 4.97. The quantitative estimate of drug-likeness (QED) is 0.820. The fourth-order valence-electron chi connectivity index (χ4n) is 2.58. The fourth-order valence-corrected chi connectivity index (χ4v) is 2.58. The second kappa shape index (κ2) is 4.98. The monoisotopic (exact) mass is 219 g/mol. The molecule has 2 heteroatoms. The fraction of sp³-hybridized carbons (Fsp3) is 0.571.